The lowest BCUT2D eigenvalue weighted by atomic mass is 9.90. The minimum Gasteiger partial charge on any atom is -0.452 e. The molecule has 0 atom stereocenters. The minimum atomic E-state index is -0.934. The molecule has 0 saturated heterocycles. The first-order chi connectivity index (χ1) is 14.4. The number of carbonyl (C=O) groups is 2. The second kappa shape index (κ2) is 8.47. The summed E-state index contributed by atoms with van der Waals surface area (Å²) < 4.78 is 32.4. The molecule has 0 fully saturated rings. The van der Waals surface area contributed by atoms with Crippen LogP contribution in [0.2, 0.25) is 0 Å². The van der Waals surface area contributed by atoms with Crippen molar-refractivity contribution in [1.82, 2.24) is 4.98 Å². The number of rotatable bonds is 4. The first-order valence-electron chi connectivity index (χ1n) is 9.46. The summed E-state index contributed by atoms with van der Waals surface area (Å²) in [6.07, 6.45) is 3.47. The third kappa shape index (κ3) is 4.05. The van der Waals surface area contributed by atoms with Gasteiger partial charge in [-0.1, -0.05) is 18.2 Å². The zero-order valence-corrected chi connectivity index (χ0v) is 17.4. The van der Waals surface area contributed by atoms with E-state index in [2.05, 4.69) is 26.2 Å². The highest BCUT2D eigenvalue weighted by Gasteiger charge is 2.24. The van der Waals surface area contributed by atoms with Crippen molar-refractivity contribution in [3.05, 3.63) is 69.3 Å². The largest absolute Gasteiger partial charge is 0.452 e. The summed E-state index contributed by atoms with van der Waals surface area (Å²) in [6.45, 7) is -0.604. The SMILES string of the molecule is O=C(COC(=O)c1c2c(nc3ccccc13)CCCC2)Nc1c(F)cc(F)cc1Br. The van der Waals surface area contributed by atoms with Crippen molar-refractivity contribution in [2.45, 2.75) is 25.7 Å². The number of nitrogens with zero attached hydrogens (tertiary/aromatic N) is 1. The predicted octanol–water partition coefficient (Wildman–Crippen LogP) is 4.95. The van der Waals surface area contributed by atoms with Crippen LogP contribution in [0.15, 0.2) is 40.9 Å². The maximum absolute atomic E-state index is 13.9. The quantitative estimate of drug-likeness (QED) is 0.543. The third-order valence-corrected chi connectivity index (χ3v) is 5.60. The molecule has 5 nitrogen and oxygen atoms in total. The van der Waals surface area contributed by atoms with E-state index in [0.717, 1.165) is 43.0 Å². The summed E-state index contributed by atoms with van der Waals surface area (Å²) >= 11 is 3.00. The summed E-state index contributed by atoms with van der Waals surface area (Å²) in [7, 11) is 0. The molecule has 1 N–H and O–H groups in total. The summed E-state index contributed by atoms with van der Waals surface area (Å²) in [5.41, 5.74) is 2.65. The molecule has 1 heterocycles. The average molecular weight is 475 g/mol. The number of pyridine rings is 1. The molecule has 3 aromatic rings. The van der Waals surface area contributed by atoms with E-state index < -0.39 is 30.1 Å². The minimum absolute atomic E-state index is 0.0499. The lowest BCUT2D eigenvalue weighted by molar-refractivity contribution is -0.119. The Hall–Kier alpha value is -2.87. The number of carbonyl (C=O) groups excluding carboxylic acids is 2. The fraction of sp³-hybridized carbons (Fsp3) is 0.227. The Morgan fingerprint density at radius 1 is 1.13 bits per heavy atom. The Bertz CT molecular complexity index is 1140. The van der Waals surface area contributed by atoms with E-state index in [1.165, 1.54) is 0 Å². The molecule has 154 valence electrons. The Labute approximate surface area is 179 Å². The molecule has 0 aliphatic heterocycles. The molecule has 0 unspecified atom stereocenters. The van der Waals surface area contributed by atoms with E-state index in [4.69, 9.17) is 4.74 Å². The first-order valence-corrected chi connectivity index (χ1v) is 10.3. The number of fused-ring (bicyclic) bond motifs is 2. The smallest absolute Gasteiger partial charge is 0.339 e. The Balaban J connectivity index is 1.55. The van der Waals surface area contributed by atoms with Crippen molar-refractivity contribution >= 4 is 44.4 Å². The number of nitrogens with one attached hydrogen (secondary N) is 1. The average Bonchev–Trinajstić information content (AvgIpc) is 2.72. The van der Waals surface area contributed by atoms with Crippen molar-refractivity contribution in [3.8, 4) is 0 Å². The van der Waals surface area contributed by atoms with Gasteiger partial charge in [-0.05, 0) is 59.3 Å². The fourth-order valence-corrected chi connectivity index (χ4v) is 4.15. The third-order valence-electron chi connectivity index (χ3n) is 4.98. The van der Waals surface area contributed by atoms with Crippen molar-refractivity contribution in [2.24, 2.45) is 0 Å². The van der Waals surface area contributed by atoms with Gasteiger partial charge < -0.3 is 10.1 Å². The van der Waals surface area contributed by atoms with Crippen LogP contribution in [-0.4, -0.2) is 23.5 Å². The van der Waals surface area contributed by atoms with E-state index in [-0.39, 0.29) is 10.2 Å². The molecular weight excluding hydrogens is 458 g/mol. The monoisotopic (exact) mass is 474 g/mol. The first kappa shape index (κ1) is 20.4. The second-order valence-corrected chi connectivity index (χ2v) is 7.86. The van der Waals surface area contributed by atoms with Gasteiger partial charge in [0.1, 0.15) is 5.82 Å². The predicted molar refractivity (Wildman–Crippen MR) is 111 cm³/mol. The number of hydrogen-bond donors (Lipinski definition) is 1. The molecule has 1 aliphatic rings. The number of para-hydroxylation sites is 1. The van der Waals surface area contributed by atoms with E-state index in [9.17, 15) is 18.4 Å². The van der Waals surface area contributed by atoms with Gasteiger partial charge in [0.25, 0.3) is 5.91 Å². The Morgan fingerprint density at radius 3 is 2.70 bits per heavy atom. The number of esters is 1. The van der Waals surface area contributed by atoms with Crippen molar-refractivity contribution in [1.29, 1.82) is 0 Å². The number of hydrogen-bond acceptors (Lipinski definition) is 4. The van der Waals surface area contributed by atoms with Crippen molar-refractivity contribution in [3.63, 3.8) is 0 Å². The molecule has 8 heteroatoms. The number of anilines is 1. The van der Waals surface area contributed by atoms with Crippen LogP contribution in [0.1, 0.15) is 34.5 Å². The normalized spacial score (nSPS) is 13.0. The van der Waals surface area contributed by atoms with Gasteiger partial charge in [0, 0.05) is 21.6 Å². The molecule has 0 spiro atoms. The fourth-order valence-electron chi connectivity index (χ4n) is 3.65. The van der Waals surface area contributed by atoms with Crippen molar-refractivity contribution in [2.75, 3.05) is 11.9 Å². The summed E-state index contributed by atoms with van der Waals surface area (Å²) in [5, 5.41) is 2.97. The Morgan fingerprint density at radius 2 is 1.90 bits per heavy atom. The molecule has 1 aromatic heterocycles. The number of ether oxygens (including phenoxy) is 1. The van der Waals surface area contributed by atoms with Crippen LogP contribution in [0, 0.1) is 11.6 Å². The lowest BCUT2D eigenvalue weighted by Gasteiger charge is -2.20. The van der Waals surface area contributed by atoms with E-state index in [1.54, 1.807) is 6.07 Å². The van der Waals surface area contributed by atoms with Gasteiger partial charge in [-0.2, -0.15) is 0 Å². The molecule has 0 bridgehead atoms. The van der Waals surface area contributed by atoms with Gasteiger partial charge in [0.05, 0.1) is 16.8 Å². The molecule has 0 saturated carbocycles. The maximum Gasteiger partial charge on any atom is 0.339 e. The van der Waals surface area contributed by atoms with Crippen LogP contribution in [0.25, 0.3) is 10.9 Å². The number of amides is 1. The standard InChI is InChI=1S/C22H17BrF2N2O3/c23-15-9-12(24)10-16(25)21(15)27-19(28)11-30-22(29)20-13-5-1-3-7-17(13)26-18-8-4-2-6-14(18)20/h1,3,5,7,9-10H,2,4,6,8,11H2,(H,27,28). The molecule has 30 heavy (non-hydrogen) atoms. The summed E-state index contributed by atoms with van der Waals surface area (Å²) in [6, 6.07) is 8.99. The van der Waals surface area contributed by atoms with Gasteiger partial charge in [-0.3, -0.25) is 9.78 Å². The van der Waals surface area contributed by atoms with Crippen LogP contribution in [0.5, 0.6) is 0 Å². The van der Waals surface area contributed by atoms with Gasteiger partial charge in [0.2, 0.25) is 0 Å². The molecule has 1 amide bonds. The molecule has 4 rings (SSSR count). The van der Waals surface area contributed by atoms with E-state index >= 15 is 0 Å². The van der Waals surface area contributed by atoms with Gasteiger partial charge in [0.15, 0.2) is 12.4 Å². The molecular formula is C22H17BrF2N2O3. The van der Waals surface area contributed by atoms with Gasteiger partial charge in [-0.15, -0.1) is 0 Å². The Kier molecular flexibility index (Phi) is 5.76. The number of halogens is 3. The lowest BCUT2D eigenvalue weighted by Crippen LogP contribution is -2.23. The molecule has 0 radical (unpaired) electrons. The van der Waals surface area contributed by atoms with Gasteiger partial charge >= 0.3 is 5.97 Å². The van der Waals surface area contributed by atoms with Crippen LogP contribution in [0.4, 0.5) is 14.5 Å². The molecule has 1 aliphatic carbocycles. The van der Waals surface area contributed by atoms with Crippen LogP contribution in [-0.2, 0) is 22.4 Å². The summed E-state index contributed by atoms with van der Waals surface area (Å²) in [5.74, 6) is -3.07. The number of aromatic nitrogens is 1. The van der Waals surface area contributed by atoms with Crippen molar-refractivity contribution < 1.29 is 23.1 Å². The van der Waals surface area contributed by atoms with E-state index in [1.807, 2.05) is 18.2 Å². The highest BCUT2D eigenvalue weighted by Crippen LogP contribution is 2.30. The zero-order valence-electron chi connectivity index (χ0n) is 15.8. The topological polar surface area (TPSA) is 68.3 Å². The number of benzene rings is 2. The number of aryl methyl sites for hydroxylation is 1. The van der Waals surface area contributed by atoms with Gasteiger partial charge in [-0.25, -0.2) is 13.6 Å². The van der Waals surface area contributed by atoms with Crippen LogP contribution in [0.3, 0.4) is 0 Å². The van der Waals surface area contributed by atoms with Crippen LogP contribution < -0.4 is 5.32 Å². The highest BCUT2D eigenvalue weighted by molar-refractivity contribution is 9.10. The zero-order chi connectivity index (χ0) is 21.3. The van der Waals surface area contributed by atoms with E-state index in [0.29, 0.717) is 22.5 Å². The van der Waals surface area contributed by atoms with Crippen LogP contribution >= 0.6 is 15.9 Å². The maximum atomic E-state index is 13.9. The second-order valence-electron chi connectivity index (χ2n) is 7.01. The highest BCUT2D eigenvalue weighted by atomic mass is 79.9. The summed E-state index contributed by atoms with van der Waals surface area (Å²) in [4.78, 5) is 29.8. The molecule has 2 aromatic carbocycles.